The molecule has 0 saturated heterocycles. The Bertz CT molecular complexity index is 641. The van der Waals surface area contributed by atoms with Crippen LogP contribution >= 0.6 is 11.3 Å². The van der Waals surface area contributed by atoms with E-state index in [9.17, 15) is 14.9 Å². The number of carbonyl (C=O) groups excluding carboxylic acids is 1. The van der Waals surface area contributed by atoms with Crippen LogP contribution in [0.1, 0.15) is 10.7 Å². The van der Waals surface area contributed by atoms with Gasteiger partial charge in [0.25, 0.3) is 5.69 Å². The van der Waals surface area contributed by atoms with Crippen molar-refractivity contribution in [3.05, 3.63) is 50.5 Å². The van der Waals surface area contributed by atoms with Crippen LogP contribution in [0.4, 0.5) is 11.4 Å². The van der Waals surface area contributed by atoms with Crippen LogP contribution in [0.2, 0.25) is 0 Å². The number of thiazole rings is 1. The van der Waals surface area contributed by atoms with Gasteiger partial charge in [0.05, 0.1) is 17.0 Å². The highest BCUT2D eigenvalue weighted by molar-refractivity contribution is 7.09. The molecule has 0 radical (unpaired) electrons. The first-order valence-corrected chi connectivity index (χ1v) is 6.64. The van der Waals surface area contributed by atoms with Crippen molar-refractivity contribution >= 4 is 28.6 Å². The zero-order chi connectivity index (χ0) is 14.5. The van der Waals surface area contributed by atoms with E-state index in [0.717, 1.165) is 5.01 Å². The predicted molar refractivity (Wildman–Crippen MR) is 75.4 cm³/mol. The summed E-state index contributed by atoms with van der Waals surface area (Å²) in [5, 5.41) is 15.8. The van der Waals surface area contributed by atoms with Crippen molar-refractivity contribution in [3.63, 3.8) is 0 Å². The number of nitrogens with one attached hydrogen (secondary N) is 1. The Balaban J connectivity index is 2.00. The van der Waals surface area contributed by atoms with Gasteiger partial charge in [0.1, 0.15) is 5.01 Å². The van der Waals surface area contributed by atoms with Crippen molar-refractivity contribution < 1.29 is 9.72 Å². The quantitative estimate of drug-likeness (QED) is 0.643. The fraction of sp³-hybridized carbons (Fsp3) is 0.167. The van der Waals surface area contributed by atoms with Crippen molar-refractivity contribution in [3.8, 4) is 0 Å². The Kier molecular flexibility index (Phi) is 4.38. The van der Waals surface area contributed by atoms with E-state index in [1.807, 2.05) is 0 Å². The number of rotatable bonds is 5. The van der Waals surface area contributed by atoms with Crippen LogP contribution in [0.15, 0.2) is 29.6 Å². The molecule has 0 bridgehead atoms. The fourth-order valence-corrected chi connectivity index (χ4v) is 2.27. The van der Waals surface area contributed by atoms with Crippen LogP contribution in [-0.4, -0.2) is 15.8 Å². The molecule has 0 unspecified atom stereocenters. The van der Waals surface area contributed by atoms with Gasteiger partial charge in [-0.1, -0.05) is 6.07 Å². The van der Waals surface area contributed by atoms with E-state index in [1.165, 1.54) is 29.5 Å². The van der Waals surface area contributed by atoms with Gasteiger partial charge in [-0.2, -0.15) is 0 Å². The Morgan fingerprint density at radius 3 is 2.95 bits per heavy atom. The summed E-state index contributed by atoms with van der Waals surface area (Å²) in [5.74, 6) is -0.278. The first-order chi connectivity index (χ1) is 9.58. The average molecular weight is 292 g/mol. The van der Waals surface area contributed by atoms with Crippen LogP contribution in [0.3, 0.4) is 0 Å². The standard InChI is InChI=1S/C12H12N4O3S/c13-6-12-15-9(7-20-12)5-11(17)14-8-2-1-3-10(4-8)16(18)19/h1-4,7H,5-6,13H2,(H,14,17). The van der Waals surface area contributed by atoms with E-state index in [2.05, 4.69) is 10.3 Å². The molecule has 20 heavy (non-hydrogen) atoms. The van der Waals surface area contributed by atoms with Crippen LogP contribution < -0.4 is 11.1 Å². The molecule has 2 aromatic rings. The lowest BCUT2D eigenvalue weighted by Crippen LogP contribution is -2.14. The Morgan fingerprint density at radius 2 is 2.30 bits per heavy atom. The molecule has 0 aliphatic carbocycles. The lowest BCUT2D eigenvalue weighted by Gasteiger charge is -2.03. The van der Waals surface area contributed by atoms with E-state index in [1.54, 1.807) is 11.4 Å². The number of nitro groups is 1. The van der Waals surface area contributed by atoms with Crippen LogP contribution in [0.5, 0.6) is 0 Å². The second-order valence-electron chi connectivity index (χ2n) is 3.97. The van der Waals surface area contributed by atoms with Gasteiger partial charge >= 0.3 is 0 Å². The van der Waals surface area contributed by atoms with Gasteiger partial charge < -0.3 is 11.1 Å². The Morgan fingerprint density at radius 1 is 1.50 bits per heavy atom. The zero-order valence-corrected chi connectivity index (χ0v) is 11.2. The second-order valence-corrected chi connectivity index (χ2v) is 4.91. The lowest BCUT2D eigenvalue weighted by atomic mass is 10.2. The monoisotopic (exact) mass is 292 g/mol. The third kappa shape index (κ3) is 3.59. The number of aromatic nitrogens is 1. The van der Waals surface area contributed by atoms with E-state index in [-0.39, 0.29) is 18.0 Å². The molecule has 0 saturated carbocycles. The third-order valence-electron chi connectivity index (χ3n) is 2.46. The number of nitrogens with two attached hydrogens (primary N) is 1. The van der Waals surface area contributed by atoms with E-state index in [0.29, 0.717) is 17.9 Å². The van der Waals surface area contributed by atoms with Crippen molar-refractivity contribution in [2.75, 3.05) is 5.32 Å². The summed E-state index contributed by atoms with van der Waals surface area (Å²) >= 11 is 1.40. The maximum absolute atomic E-state index is 11.8. The summed E-state index contributed by atoms with van der Waals surface area (Å²) in [6, 6.07) is 5.79. The van der Waals surface area contributed by atoms with E-state index < -0.39 is 4.92 Å². The van der Waals surface area contributed by atoms with Crippen LogP contribution in [0, 0.1) is 10.1 Å². The number of hydrogen-bond donors (Lipinski definition) is 2. The predicted octanol–water partition coefficient (Wildman–Crippen LogP) is 1.69. The van der Waals surface area contributed by atoms with Gasteiger partial charge in [-0.05, 0) is 6.07 Å². The molecule has 0 aliphatic heterocycles. The highest BCUT2D eigenvalue weighted by atomic mass is 32.1. The molecule has 2 rings (SSSR count). The molecule has 0 atom stereocenters. The van der Waals surface area contributed by atoms with Crippen LogP contribution in [-0.2, 0) is 17.8 Å². The molecule has 1 aromatic carbocycles. The van der Waals surface area contributed by atoms with Crippen LogP contribution in [0.25, 0.3) is 0 Å². The summed E-state index contributed by atoms with van der Waals surface area (Å²) in [6.45, 7) is 0.344. The average Bonchev–Trinajstić information content (AvgIpc) is 2.86. The molecular weight excluding hydrogens is 280 g/mol. The number of non-ortho nitro benzene ring substituents is 1. The number of nitro benzene ring substituents is 1. The van der Waals surface area contributed by atoms with E-state index >= 15 is 0 Å². The molecule has 7 nitrogen and oxygen atoms in total. The first kappa shape index (κ1) is 14.1. The summed E-state index contributed by atoms with van der Waals surface area (Å²) in [4.78, 5) is 26.1. The molecule has 0 fully saturated rings. The number of anilines is 1. The van der Waals surface area contributed by atoms with Gasteiger partial charge in [-0.3, -0.25) is 14.9 Å². The summed E-state index contributed by atoms with van der Waals surface area (Å²) in [5.41, 5.74) is 6.40. The highest BCUT2D eigenvalue weighted by Crippen LogP contribution is 2.17. The molecule has 104 valence electrons. The van der Waals surface area contributed by atoms with Gasteiger partial charge in [0.15, 0.2) is 0 Å². The number of amides is 1. The van der Waals surface area contributed by atoms with Gasteiger partial charge in [0.2, 0.25) is 5.91 Å². The SMILES string of the molecule is NCc1nc(CC(=O)Nc2cccc([N+](=O)[O-])c2)cs1. The minimum atomic E-state index is -0.510. The maximum atomic E-state index is 11.8. The smallest absolute Gasteiger partial charge is 0.271 e. The molecule has 1 aromatic heterocycles. The first-order valence-electron chi connectivity index (χ1n) is 5.76. The third-order valence-corrected chi connectivity index (χ3v) is 3.38. The number of benzene rings is 1. The van der Waals surface area contributed by atoms with Gasteiger partial charge in [0, 0.05) is 29.7 Å². The number of hydrogen-bond acceptors (Lipinski definition) is 6. The minimum absolute atomic E-state index is 0.0677. The fourth-order valence-electron chi connectivity index (χ4n) is 1.59. The molecule has 1 amide bonds. The van der Waals surface area contributed by atoms with Gasteiger partial charge in [-0.15, -0.1) is 11.3 Å². The van der Waals surface area contributed by atoms with Crippen molar-refractivity contribution in [1.29, 1.82) is 0 Å². The number of carbonyl (C=O) groups is 1. The maximum Gasteiger partial charge on any atom is 0.271 e. The summed E-state index contributed by atoms with van der Waals surface area (Å²) < 4.78 is 0. The minimum Gasteiger partial charge on any atom is -0.325 e. The molecule has 3 N–H and O–H groups in total. The second kappa shape index (κ2) is 6.22. The Hall–Kier alpha value is -2.32. The summed E-state index contributed by atoms with van der Waals surface area (Å²) in [7, 11) is 0. The van der Waals surface area contributed by atoms with Crippen molar-refractivity contribution in [2.45, 2.75) is 13.0 Å². The lowest BCUT2D eigenvalue weighted by molar-refractivity contribution is -0.384. The number of nitrogens with zero attached hydrogens (tertiary/aromatic N) is 2. The Labute approximate surface area is 118 Å². The van der Waals surface area contributed by atoms with Crippen molar-refractivity contribution in [1.82, 2.24) is 4.98 Å². The molecule has 0 spiro atoms. The molecule has 0 aliphatic rings. The van der Waals surface area contributed by atoms with E-state index in [4.69, 9.17) is 5.73 Å². The molecule has 1 heterocycles. The normalized spacial score (nSPS) is 10.2. The van der Waals surface area contributed by atoms with Crippen molar-refractivity contribution in [2.24, 2.45) is 5.73 Å². The zero-order valence-electron chi connectivity index (χ0n) is 10.4. The summed E-state index contributed by atoms with van der Waals surface area (Å²) in [6.07, 6.45) is 0.110. The van der Waals surface area contributed by atoms with Gasteiger partial charge in [-0.25, -0.2) is 4.98 Å². The molecular formula is C12H12N4O3S. The largest absolute Gasteiger partial charge is 0.325 e. The molecule has 8 heteroatoms. The highest BCUT2D eigenvalue weighted by Gasteiger charge is 2.10. The topological polar surface area (TPSA) is 111 Å².